The van der Waals surface area contributed by atoms with Gasteiger partial charge in [0, 0.05) is 5.56 Å². The van der Waals surface area contributed by atoms with Crippen LogP contribution >= 0.6 is 0 Å². The normalized spacial score (nSPS) is 22.3. The second-order valence-electron chi connectivity index (χ2n) is 6.74. The fourth-order valence-electron chi connectivity index (χ4n) is 2.54. The Bertz CT molecular complexity index is 483. The number of aryl methyl sites for hydroxylation is 1. The molecule has 1 fully saturated rings. The van der Waals surface area contributed by atoms with Gasteiger partial charge in [0.2, 0.25) is 0 Å². The van der Waals surface area contributed by atoms with Gasteiger partial charge in [-0.05, 0) is 23.4 Å². The maximum Gasteiger partial charge on any atom is 0.166 e. The molecule has 0 saturated carbocycles. The molecule has 1 aliphatic heterocycles. The maximum atomic E-state index is 8.49. The first-order valence-corrected chi connectivity index (χ1v) is 14.0. The van der Waals surface area contributed by atoms with Crippen LogP contribution < -0.4 is 18.6 Å². The summed E-state index contributed by atoms with van der Waals surface area (Å²) < 4.78 is 39.7. The minimum absolute atomic E-state index is 0.524. The number of halogens is 1. The predicted molar refractivity (Wildman–Crippen MR) is 85.2 cm³/mol. The Morgan fingerprint density at radius 3 is 2.26 bits per heavy atom. The molecule has 23 heavy (non-hydrogen) atoms. The Balaban J connectivity index is 0.000000463. The molecule has 0 N–H and O–H groups in total. The van der Waals surface area contributed by atoms with E-state index in [1.54, 1.807) is 0 Å². The van der Waals surface area contributed by atoms with Crippen LogP contribution in [0.5, 0.6) is 0 Å². The molecule has 0 aromatic heterocycles. The van der Waals surface area contributed by atoms with Gasteiger partial charge in [0.05, 0.1) is 18.6 Å². The molecule has 0 bridgehead atoms. The first-order valence-electron chi connectivity index (χ1n) is 7.39. The lowest BCUT2D eigenvalue weighted by molar-refractivity contribution is -2.00. The number of benzene rings is 1. The molecule has 1 aromatic rings. The second-order valence-corrected chi connectivity index (χ2v) is 15.8. The molecule has 1 heterocycles. The van der Waals surface area contributed by atoms with Crippen molar-refractivity contribution in [1.82, 2.24) is 0 Å². The zero-order valence-electron chi connectivity index (χ0n) is 14.0. The van der Waals surface area contributed by atoms with E-state index in [9.17, 15) is 0 Å². The highest BCUT2D eigenvalue weighted by Crippen LogP contribution is 2.32. The van der Waals surface area contributed by atoms with Crippen LogP contribution in [0, 0.1) is 17.2 Å². The number of hydrogen-bond donors (Lipinski definition) is 0. The van der Waals surface area contributed by atoms with Crippen molar-refractivity contribution in [2.75, 3.05) is 24.3 Å². The smallest absolute Gasteiger partial charge is 0.166 e. The van der Waals surface area contributed by atoms with Crippen molar-refractivity contribution in [3.8, 4) is 0 Å². The molecule has 2 atom stereocenters. The third kappa shape index (κ3) is 9.07. The average Bonchev–Trinajstić information content (AvgIpc) is 2.36. The quantitative estimate of drug-likeness (QED) is 0.484. The lowest BCUT2D eigenvalue weighted by Gasteiger charge is -2.28. The first kappa shape index (κ1) is 20.9. The van der Waals surface area contributed by atoms with Gasteiger partial charge in [-0.3, -0.25) is 0 Å². The van der Waals surface area contributed by atoms with Crippen molar-refractivity contribution in [2.24, 2.45) is 0 Å². The van der Waals surface area contributed by atoms with E-state index in [0.29, 0.717) is 16.1 Å². The summed E-state index contributed by atoms with van der Waals surface area (Å²) in [5.41, 5.74) is 2.96. The summed E-state index contributed by atoms with van der Waals surface area (Å²) in [4.78, 5) is 0. The fraction of sp³-hybridized carbons (Fsp3) is 0.600. The SMILES string of the molecule is Cc1ccccc1[C@H]1COCC[S+]1C[Si](C)(C)C.[O-][Cl+3]([O-])([O-])[O-]. The Morgan fingerprint density at radius 2 is 1.74 bits per heavy atom. The van der Waals surface area contributed by atoms with E-state index in [-0.39, 0.29) is 0 Å². The lowest BCUT2D eigenvalue weighted by Crippen LogP contribution is -2.68. The van der Waals surface area contributed by atoms with Crippen LogP contribution in [0.3, 0.4) is 0 Å². The van der Waals surface area contributed by atoms with Crippen LogP contribution in [0.4, 0.5) is 0 Å². The lowest BCUT2D eigenvalue weighted by atomic mass is 10.1. The van der Waals surface area contributed by atoms with Gasteiger partial charge < -0.3 is 4.74 Å². The molecule has 0 spiro atoms. The van der Waals surface area contributed by atoms with Gasteiger partial charge in [-0.25, -0.2) is 18.6 Å². The third-order valence-electron chi connectivity index (χ3n) is 3.32. The monoisotopic (exact) mass is 380 g/mol. The molecule has 2 rings (SSSR count). The molecular weight excluding hydrogens is 356 g/mol. The Kier molecular flexibility index (Phi) is 8.02. The molecule has 5 nitrogen and oxygen atoms in total. The van der Waals surface area contributed by atoms with Crippen molar-refractivity contribution in [3.63, 3.8) is 0 Å². The molecule has 132 valence electrons. The summed E-state index contributed by atoms with van der Waals surface area (Å²) >= 11 is 0. The van der Waals surface area contributed by atoms with Crippen molar-refractivity contribution < 1.29 is 33.6 Å². The Morgan fingerprint density at radius 1 is 1.17 bits per heavy atom. The van der Waals surface area contributed by atoms with Crippen LogP contribution in [0.15, 0.2) is 24.3 Å². The first-order chi connectivity index (χ1) is 10.5. The van der Waals surface area contributed by atoms with Gasteiger partial charge in [0.25, 0.3) is 0 Å². The van der Waals surface area contributed by atoms with Crippen LogP contribution in [-0.4, -0.2) is 32.4 Å². The molecule has 0 radical (unpaired) electrons. The average molecular weight is 381 g/mol. The van der Waals surface area contributed by atoms with Crippen molar-refractivity contribution in [3.05, 3.63) is 35.4 Å². The standard InChI is InChI=1S/C15H25OSSi.ClHO4/c1-13-7-5-6-8-14(13)15-11-16-9-10-17(15)12-18(2,3)4;2-1(3,4)5/h5-8,15H,9-12H2,1-4H3;(H,2,3,4,5)/q+1;/p-1/t15-,17?;/m1./s1. The number of hydrogen-bond acceptors (Lipinski definition) is 5. The number of ether oxygens (including phenoxy) is 1. The highest BCUT2D eigenvalue weighted by atomic mass is 35.7. The van der Waals surface area contributed by atoms with E-state index in [0.717, 1.165) is 13.2 Å². The molecule has 8 heteroatoms. The summed E-state index contributed by atoms with van der Waals surface area (Å²) in [5.74, 6) is 1.27. The molecule has 0 amide bonds. The molecule has 1 unspecified atom stereocenters. The summed E-state index contributed by atoms with van der Waals surface area (Å²) in [5, 5.41) is 2.10. The van der Waals surface area contributed by atoms with Crippen molar-refractivity contribution >= 4 is 19.0 Å². The van der Waals surface area contributed by atoms with Crippen LogP contribution in [0.1, 0.15) is 16.4 Å². The minimum Gasteiger partial charge on any atom is -0.371 e. The van der Waals surface area contributed by atoms with Gasteiger partial charge >= 0.3 is 0 Å². The number of rotatable bonds is 3. The maximum absolute atomic E-state index is 8.49. The summed E-state index contributed by atoms with van der Waals surface area (Å²) in [6, 6.07) is 8.85. The predicted octanol–water partition coefficient (Wildman–Crippen LogP) is -1.19. The van der Waals surface area contributed by atoms with Crippen molar-refractivity contribution in [2.45, 2.75) is 31.8 Å². The topological polar surface area (TPSA) is 101 Å². The zero-order chi connectivity index (χ0) is 17.7. The summed E-state index contributed by atoms with van der Waals surface area (Å²) in [6.07, 6.45) is 0. The largest absolute Gasteiger partial charge is 0.371 e. The molecule has 1 aromatic carbocycles. The van der Waals surface area contributed by atoms with E-state index in [1.165, 1.54) is 22.3 Å². The van der Waals surface area contributed by atoms with E-state index < -0.39 is 18.3 Å². The summed E-state index contributed by atoms with van der Waals surface area (Å²) in [7, 11) is -5.40. The second kappa shape index (κ2) is 8.82. The van der Waals surface area contributed by atoms with Gasteiger partial charge in [0.15, 0.2) is 5.25 Å². The van der Waals surface area contributed by atoms with E-state index in [2.05, 4.69) is 50.8 Å². The minimum atomic E-state index is -4.94. The van der Waals surface area contributed by atoms with Crippen molar-refractivity contribution in [1.29, 1.82) is 0 Å². The van der Waals surface area contributed by atoms with Gasteiger partial charge in [-0.1, -0.05) is 43.9 Å². The Hall–Kier alpha value is -0.123. The van der Waals surface area contributed by atoms with E-state index >= 15 is 0 Å². The summed E-state index contributed by atoms with van der Waals surface area (Å²) in [6.45, 7) is 11.6. The zero-order valence-corrected chi connectivity index (χ0v) is 16.6. The molecule has 1 aliphatic rings. The fourth-order valence-corrected chi connectivity index (χ4v) is 9.90. The molecule has 1 saturated heterocycles. The van der Waals surface area contributed by atoms with Crippen LogP contribution in [-0.2, 0) is 15.6 Å². The van der Waals surface area contributed by atoms with Crippen LogP contribution in [0.2, 0.25) is 19.6 Å². The Labute approximate surface area is 144 Å². The van der Waals surface area contributed by atoms with Crippen LogP contribution in [0.25, 0.3) is 0 Å². The highest BCUT2D eigenvalue weighted by molar-refractivity contribution is 7.98. The third-order valence-corrected chi connectivity index (χ3v) is 10.1. The van der Waals surface area contributed by atoms with Gasteiger partial charge in [-0.15, -0.1) is 10.2 Å². The van der Waals surface area contributed by atoms with Gasteiger partial charge in [0.1, 0.15) is 13.8 Å². The highest BCUT2D eigenvalue weighted by Gasteiger charge is 2.39. The molecular formula is C15H25ClO5SSi. The van der Waals surface area contributed by atoms with E-state index in [4.69, 9.17) is 23.4 Å². The van der Waals surface area contributed by atoms with Gasteiger partial charge in [-0.2, -0.15) is 0 Å². The molecule has 0 aliphatic carbocycles. The van der Waals surface area contributed by atoms with E-state index in [1.807, 2.05) is 0 Å².